The zero-order valence-electron chi connectivity index (χ0n) is 15.6. The zero-order chi connectivity index (χ0) is 21.2. The van der Waals surface area contributed by atoms with Crippen LogP contribution in [0.25, 0.3) is 0 Å². The molecule has 0 amide bonds. The lowest BCUT2D eigenvalue weighted by atomic mass is 10.2. The van der Waals surface area contributed by atoms with Gasteiger partial charge in [-0.15, -0.1) is 0 Å². The minimum atomic E-state index is -4.76. The topological polar surface area (TPSA) is 49.9 Å². The molecule has 1 heterocycles. The lowest BCUT2D eigenvalue weighted by Crippen LogP contribution is -2.48. The molecule has 158 valence electrons. The molecule has 1 aliphatic heterocycles. The largest absolute Gasteiger partial charge is 0.494 e. The third-order valence-electron chi connectivity index (χ3n) is 4.76. The molecule has 0 radical (unpaired) electrons. The molecule has 0 spiro atoms. The molecule has 3 rings (SSSR count). The van der Waals surface area contributed by atoms with Crippen LogP contribution in [0.15, 0.2) is 47.4 Å². The average Bonchev–Trinajstić information content (AvgIpc) is 2.68. The average molecular weight is 432 g/mol. The predicted molar refractivity (Wildman–Crippen MR) is 98.4 cm³/mol. The summed E-state index contributed by atoms with van der Waals surface area (Å²) in [6.45, 7) is 1.14. The molecule has 0 saturated carbocycles. The Balaban J connectivity index is 1.70. The van der Waals surface area contributed by atoms with Gasteiger partial charge in [0.1, 0.15) is 0 Å². The van der Waals surface area contributed by atoms with Crippen molar-refractivity contribution in [3.63, 3.8) is 0 Å². The Hall–Kier alpha value is -2.17. The first kappa shape index (κ1) is 21.5. The first-order chi connectivity index (χ1) is 13.6. The van der Waals surface area contributed by atoms with Gasteiger partial charge in [0, 0.05) is 32.7 Å². The second kappa shape index (κ2) is 8.29. The van der Waals surface area contributed by atoms with Crippen LogP contribution in [0.2, 0.25) is 0 Å². The molecule has 1 fully saturated rings. The summed E-state index contributed by atoms with van der Waals surface area (Å²) in [5, 5.41) is 0. The molecule has 0 aromatic heterocycles. The van der Waals surface area contributed by atoms with E-state index in [1.165, 1.54) is 25.3 Å². The molecule has 0 N–H and O–H groups in total. The van der Waals surface area contributed by atoms with Crippen molar-refractivity contribution in [2.75, 3.05) is 33.3 Å². The number of hydrogen-bond acceptors (Lipinski definition) is 4. The Morgan fingerprint density at radius 2 is 1.69 bits per heavy atom. The van der Waals surface area contributed by atoms with Crippen molar-refractivity contribution < 1.29 is 30.7 Å². The first-order valence-electron chi connectivity index (χ1n) is 8.84. The Bertz CT molecular complexity index is 972. The number of alkyl halides is 3. The molecular formula is C19H20F4N2O3S. The monoisotopic (exact) mass is 432 g/mol. The van der Waals surface area contributed by atoms with Crippen molar-refractivity contribution in [3.05, 3.63) is 59.4 Å². The number of rotatable bonds is 5. The van der Waals surface area contributed by atoms with Gasteiger partial charge >= 0.3 is 6.18 Å². The van der Waals surface area contributed by atoms with E-state index in [4.69, 9.17) is 4.74 Å². The summed E-state index contributed by atoms with van der Waals surface area (Å²) in [5.74, 6) is -0.358. The first-order valence-corrected chi connectivity index (χ1v) is 10.3. The van der Waals surface area contributed by atoms with Crippen LogP contribution in [0, 0.1) is 5.82 Å². The number of hydrogen-bond donors (Lipinski definition) is 0. The van der Waals surface area contributed by atoms with Crippen LogP contribution in [-0.4, -0.2) is 50.9 Å². The van der Waals surface area contributed by atoms with Gasteiger partial charge in [-0.3, -0.25) is 4.90 Å². The third kappa shape index (κ3) is 4.71. The standard InChI is InChI=1S/C19H20F4N2O3S/c1-28-17-7-6-14(12-16(17)20)13-24-8-10-25(11-9-24)29(26,27)18-5-3-2-4-15(18)19(21,22)23/h2-7,12H,8-11,13H2,1H3. The molecular weight excluding hydrogens is 412 g/mol. The van der Waals surface area contributed by atoms with Gasteiger partial charge in [0.25, 0.3) is 0 Å². The van der Waals surface area contributed by atoms with E-state index in [2.05, 4.69) is 0 Å². The van der Waals surface area contributed by atoms with E-state index in [0.29, 0.717) is 25.2 Å². The molecule has 1 aliphatic rings. The number of benzene rings is 2. The zero-order valence-corrected chi connectivity index (χ0v) is 16.4. The molecule has 0 bridgehead atoms. The van der Waals surface area contributed by atoms with E-state index < -0.39 is 32.5 Å². The second-order valence-corrected chi connectivity index (χ2v) is 8.55. The predicted octanol–water partition coefficient (Wildman–Crippen LogP) is 3.36. The summed E-state index contributed by atoms with van der Waals surface area (Å²) in [6.07, 6.45) is -4.76. The van der Waals surface area contributed by atoms with Crippen molar-refractivity contribution in [1.29, 1.82) is 0 Å². The summed E-state index contributed by atoms with van der Waals surface area (Å²) in [4.78, 5) is 1.18. The maximum Gasteiger partial charge on any atom is 0.417 e. The van der Waals surface area contributed by atoms with Gasteiger partial charge in [-0.25, -0.2) is 12.8 Å². The second-order valence-electron chi connectivity index (χ2n) is 6.64. The summed E-state index contributed by atoms with van der Waals surface area (Å²) >= 11 is 0. The van der Waals surface area contributed by atoms with Crippen LogP contribution in [0.4, 0.5) is 17.6 Å². The Morgan fingerprint density at radius 3 is 2.28 bits per heavy atom. The summed E-state index contributed by atoms with van der Waals surface area (Å²) < 4.78 is 84.9. The third-order valence-corrected chi connectivity index (χ3v) is 6.72. The van der Waals surface area contributed by atoms with Gasteiger partial charge in [-0.05, 0) is 29.8 Å². The van der Waals surface area contributed by atoms with Crippen molar-refractivity contribution >= 4 is 10.0 Å². The number of piperazine rings is 1. The van der Waals surface area contributed by atoms with Gasteiger partial charge in [0.15, 0.2) is 11.6 Å². The van der Waals surface area contributed by atoms with Crippen molar-refractivity contribution in [2.24, 2.45) is 0 Å². The van der Waals surface area contributed by atoms with Gasteiger partial charge in [-0.1, -0.05) is 18.2 Å². The highest BCUT2D eigenvalue weighted by molar-refractivity contribution is 7.89. The highest BCUT2D eigenvalue weighted by Crippen LogP contribution is 2.35. The molecule has 2 aromatic rings. The Labute approximate surface area is 166 Å². The summed E-state index contributed by atoms with van der Waals surface area (Å²) in [5.41, 5.74) is -0.474. The minimum Gasteiger partial charge on any atom is -0.494 e. The molecule has 0 atom stereocenters. The van der Waals surface area contributed by atoms with Gasteiger partial charge in [-0.2, -0.15) is 17.5 Å². The molecule has 5 nitrogen and oxygen atoms in total. The molecule has 0 unspecified atom stereocenters. The summed E-state index contributed by atoms with van der Waals surface area (Å²) in [7, 11) is -2.91. The van der Waals surface area contributed by atoms with Crippen LogP contribution < -0.4 is 4.74 Å². The van der Waals surface area contributed by atoms with Crippen molar-refractivity contribution in [1.82, 2.24) is 9.21 Å². The quantitative estimate of drug-likeness (QED) is 0.680. The van der Waals surface area contributed by atoms with Crippen LogP contribution in [-0.2, 0) is 22.7 Å². The molecule has 1 saturated heterocycles. The van der Waals surface area contributed by atoms with Crippen LogP contribution in [0.1, 0.15) is 11.1 Å². The lowest BCUT2D eigenvalue weighted by Gasteiger charge is -2.34. The highest BCUT2D eigenvalue weighted by Gasteiger charge is 2.39. The van der Waals surface area contributed by atoms with Crippen molar-refractivity contribution in [3.8, 4) is 5.75 Å². The fourth-order valence-electron chi connectivity index (χ4n) is 3.26. The van der Waals surface area contributed by atoms with Crippen molar-refractivity contribution in [2.45, 2.75) is 17.6 Å². The van der Waals surface area contributed by atoms with E-state index in [0.717, 1.165) is 22.5 Å². The fraction of sp³-hybridized carbons (Fsp3) is 0.368. The van der Waals surface area contributed by atoms with Gasteiger partial charge in [0.2, 0.25) is 10.0 Å². The highest BCUT2D eigenvalue weighted by atomic mass is 32.2. The molecule has 2 aromatic carbocycles. The van der Waals surface area contributed by atoms with Crippen LogP contribution in [0.5, 0.6) is 5.75 Å². The number of halogens is 4. The van der Waals surface area contributed by atoms with E-state index in [9.17, 15) is 26.0 Å². The maximum absolute atomic E-state index is 13.8. The number of nitrogens with zero attached hydrogens (tertiary/aromatic N) is 2. The molecule has 10 heteroatoms. The Kier molecular flexibility index (Phi) is 6.16. The SMILES string of the molecule is COc1ccc(CN2CCN(S(=O)(=O)c3ccccc3C(F)(F)F)CC2)cc1F. The van der Waals surface area contributed by atoms with E-state index in [1.54, 1.807) is 6.07 Å². The number of ether oxygens (including phenoxy) is 1. The lowest BCUT2D eigenvalue weighted by molar-refractivity contribution is -0.139. The maximum atomic E-state index is 13.8. The van der Waals surface area contributed by atoms with Crippen LogP contribution >= 0.6 is 0 Å². The fourth-order valence-corrected chi connectivity index (χ4v) is 4.89. The van der Waals surface area contributed by atoms with Gasteiger partial charge < -0.3 is 4.74 Å². The van der Waals surface area contributed by atoms with Gasteiger partial charge in [0.05, 0.1) is 17.6 Å². The number of sulfonamides is 1. The minimum absolute atomic E-state index is 0.0488. The molecule has 29 heavy (non-hydrogen) atoms. The number of methoxy groups -OCH3 is 1. The van der Waals surface area contributed by atoms with Crippen LogP contribution in [0.3, 0.4) is 0 Å². The molecule has 0 aliphatic carbocycles. The van der Waals surface area contributed by atoms with E-state index in [1.807, 2.05) is 4.90 Å². The Morgan fingerprint density at radius 1 is 1.03 bits per heavy atom. The van der Waals surface area contributed by atoms with E-state index in [-0.39, 0.29) is 18.8 Å². The normalized spacial score (nSPS) is 16.7. The summed E-state index contributed by atoms with van der Waals surface area (Å²) in [6, 6.07) is 8.75. The van der Waals surface area contributed by atoms with E-state index >= 15 is 0 Å². The smallest absolute Gasteiger partial charge is 0.417 e.